The van der Waals surface area contributed by atoms with Crippen molar-refractivity contribution in [3.63, 3.8) is 0 Å². The average Bonchev–Trinajstić information content (AvgIpc) is 3.15. The van der Waals surface area contributed by atoms with E-state index in [1.807, 2.05) is 13.8 Å². The molecule has 6 heteroatoms. The minimum atomic E-state index is -0.129. The molecule has 0 amide bonds. The molecule has 1 aromatic heterocycles. The first-order valence-corrected chi connectivity index (χ1v) is 8.56. The molecule has 0 N–H and O–H groups in total. The summed E-state index contributed by atoms with van der Waals surface area (Å²) in [5.74, 6) is 0.705. The maximum absolute atomic E-state index is 12.2. The number of aryl methyl sites for hydroxylation is 1. The Morgan fingerprint density at radius 1 is 1.50 bits per heavy atom. The van der Waals surface area contributed by atoms with Crippen LogP contribution in [0, 0.1) is 12.8 Å². The fraction of sp³-hybridized carbons (Fsp3) is 0.571. The molecule has 2 rings (SSSR count). The number of ether oxygens (including phenoxy) is 1. The van der Waals surface area contributed by atoms with E-state index in [1.54, 1.807) is 0 Å². The van der Waals surface area contributed by atoms with Crippen LogP contribution in [0.5, 0.6) is 5.75 Å². The molecule has 0 saturated heterocycles. The summed E-state index contributed by atoms with van der Waals surface area (Å²) >= 11 is 10.6. The highest BCUT2D eigenvalue weighted by Crippen LogP contribution is 2.40. The lowest BCUT2D eigenvalue weighted by Gasteiger charge is -2.07. The van der Waals surface area contributed by atoms with Crippen molar-refractivity contribution in [1.29, 1.82) is 0 Å². The number of rotatable bonds is 7. The topological polar surface area (TPSA) is 43.4 Å². The Kier molecular flexibility index (Phi) is 5.26. The summed E-state index contributed by atoms with van der Waals surface area (Å²) in [4.78, 5) is 25.4. The molecule has 1 aliphatic rings. The summed E-state index contributed by atoms with van der Waals surface area (Å²) < 4.78 is 6.26. The van der Waals surface area contributed by atoms with Crippen LogP contribution in [0.1, 0.15) is 40.7 Å². The van der Waals surface area contributed by atoms with Gasteiger partial charge in [0.2, 0.25) is 0 Å². The molecule has 0 aliphatic heterocycles. The average molecular weight is 380 g/mol. The second-order valence-corrected chi connectivity index (χ2v) is 7.83. The number of Topliss-reactive ketones (excluding diaryl/α,β-unsaturated/α-hetero) is 2. The summed E-state index contributed by atoms with van der Waals surface area (Å²) in [6.07, 6.45) is 1.85. The van der Waals surface area contributed by atoms with Crippen molar-refractivity contribution in [2.75, 3.05) is 6.61 Å². The van der Waals surface area contributed by atoms with Crippen molar-refractivity contribution in [3.05, 3.63) is 14.2 Å². The Morgan fingerprint density at radius 2 is 2.15 bits per heavy atom. The maximum Gasteiger partial charge on any atom is 0.181 e. The lowest BCUT2D eigenvalue weighted by molar-refractivity contribution is -0.119. The SMILES string of the molecule is Cc1sc(C(=O)CC(=O)C2CC2)c(Br)c1OCC(C)Cl. The van der Waals surface area contributed by atoms with Crippen LogP contribution >= 0.6 is 38.9 Å². The van der Waals surface area contributed by atoms with Gasteiger partial charge >= 0.3 is 0 Å². The van der Waals surface area contributed by atoms with Gasteiger partial charge in [-0.15, -0.1) is 22.9 Å². The van der Waals surface area contributed by atoms with Crippen LogP contribution < -0.4 is 4.74 Å². The largest absolute Gasteiger partial charge is 0.490 e. The van der Waals surface area contributed by atoms with Gasteiger partial charge in [-0.2, -0.15) is 0 Å². The summed E-state index contributed by atoms with van der Waals surface area (Å²) in [6, 6.07) is 0. The van der Waals surface area contributed by atoms with Crippen molar-refractivity contribution >= 4 is 50.4 Å². The fourth-order valence-electron chi connectivity index (χ4n) is 1.83. The maximum atomic E-state index is 12.2. The molecule has 1 atom stereocenters. The van der Waals surface area contributed by atoms with Gasteiger partial charge in [0.1, 0.15) is 18.1 Å². The van der Waals surface area contributed by atoms with Crippen LogP contribution in [0.2, 0.25) is 0 Å². The Labute approximate surface area is 135 Å². The number of carbonyl (C=O) groups excluding carboxylic acids is 2. The molecular formula is C14H16BrClO3S. The van der Waals surface area contributed by atoms with E-state index in [2.05, 4.69) is 15.9 Å². The zero-order chi connectivity index (χ0) is 14.9. The van der Waals surface area contributed by atoms with E-state index in [-0.39, 0.29) is 29.3 Å². The number of thiophene rings is 1. The third-order valence-electron chi connectivity index (χ3n) is 3.05. The van der Waals surface area contributed by atoms with Crippen LogP contribution in [0.15, 0.2) is 4.47 Å². The molecule has 1 aliphatic carbocycles. The van der Waals surface area contributed by atoms with E-state index < -0.39 is 0 Å². The van der Waals surface area contributed by atoms with Crippen molar-refractivity contribution in [2.24, 2.45) is 5.92 Å². The van der Waals surface area contributed by atoms with Crippen LogP contribution in [0.25, 0.3) is 0 Å². The van der Waals surface area contributed by atoms with Gasteiger partial charge in [0, 0.05) is 10.8 Å². The Morgan fingerprint density at radius 3 is 2.70 bits per heavy atom. The van der Waals surface area contributed by atoms with Crippen molar-refractivity contribution in [2.45, 2.75) is 38.5 Å². The lowest BCUT2D eigenvalue weighted by Crippen LogP contribution is -2.09. The fourth-order valence-corrected chi connectivity index (χ4v) is 3.83. The van der Waals surface area contributed by atoms with E-state index in [4.69, 9.17) is 16.3 Å². The predicted molar refractivity (Wildman–Crippen MR) is 84.2 cm³/mol. The van der Waals surface area contributed by atoms with E-state index in [0.717, 1.165) is 17.7 Å². The summed E-state index contributed by atoms with van der Waals surface area (Å²) in [5, 5.41) is -0.100. The molecular weight excluding hydrogens is 364 g/mol. The molecule has 1 aromatic rings. The van der Waals surface area contributed by atoms with Gasteiger partial charge in [0.05, 0.1) is 21.1 Å². The second-order valence-electron chi connectivity index (χ2n) is 5.06. The van der Waals surface area contributed by atoms with E-state index in [9.17, 15) is 9.59 Å². The van der Waals surface area contributed by atoms with E-state index in [0.29, 0.717) is 21.7 Å². The Bertz CT molecular complexity index is 535. The highest BCUT2D eigenvalue weighted by molar-refractivity contribution is 9.10. The van der Waals surface area contributed by atoms with Crippen LogP contribution in [0.4, 0.5) is 0 Å². The minimum Gasteiger partial charge on any atom is -0.490 e. The number of ketones is 2. The molecule has 1 saturated carbocycles. The molecule has 20 heavy (non-hydrogen) atoms. The number of alkyl halides is 1. The molecule has 0 bridgehead atoms. The highest BCUT2D eigenvalue weighted by Gasteiger charge is 2.32. The monoisotopic (exact) mass is 378 g/mol. The summed E-state index contributed by atoms with van der Waals surface area (Å²) in [6.45, 7) is 4.12. The molecule has 0 radical (unpaired) electrons. The number of halogens is 2. The molecule has 1 fully saturated rings. The Hall–Kier alpha value is -0.390. The van der Waals surface area contributed by atoms with Crippen molar-refractivity contribution in [1.82, 2.24) is 0 Å². The molecule has 110 valence electrons. The van der Waals surface area contributed by atoms with Gasteiger partial charge in [-0.1, -0.05) is 0 Å². The van der Waals surface area contributed by atoms with Gasteiger partial charge in [-0.05, 0) is 42.6 Å². The first-order valence-electron chi connectivity index (χ1n) is 6.51. The lowest BCUT2D eigenvalue weighted by atomic mass is 10.1. The third kappa shape index (κ3) is 3.83. The molecule has 1 unspecified atom stereocenters. The Balaban J connectivity index is 2.09. The van der Waals surface area contributed by atoms with Crippen LogP contribution in [-0.2, 0) is 4.79 Å². The van der Waals surface area contributed by atoms with Crippen LogP contribution in [0.3, 0.4) is 0 Å². The van der Waals surface area contributed by atoms with Crippen molar-refractivity contribution < 1.29 is 14.3 Å². The summed E-state index contributed by atoms with van der Waals surface area (Å²) in [5.41, 5.74) is 0. The van der Waals surface area contributed by atoms with Crippen LogP contribution in [-0.4, -0.2) is 23.6 Å². The number of hydrogen-bond acceptors (Lipinski definition) is 4. The molecule has 0 aromatic carbocycles. The first-order chi connectivity index (χ1) is 9.40. The molecule has 0 spiro atoms. The predicted octanol–water partition coefficient (Wildman–Crippen LogP) is 4.38. The quantitative estimate of drug-likeness (QED) is 0.401. The normalized spacial score (nSPS) is 16.0. The van der Waals surface area contributed by atoms with E-state index in [1.165, 1.54) is 11.3 Å². The zero-order valence-electron chi connectivity index (χ0n) is 11.4. The molecule has 1 heterocycles. The minimum absolute atomic E-state index is 0.00539. The number of carbonyl (C=O) groups is 2. The van der Waals surface area contributed by atoms with Gasteiger partial charge in [0.25, 0.3) is 0 Å². The highest BCUT2D eigenvalue weighted by atomic mass is 79.9. The standard InChI is InChI=1S/C14H16BrClO3S/c1-7(16)6-19-13-8(2)20-14(12(13)15)11(18)5-10(17)9-3-4-9/h7,9H,3-6H2,1-2H3. The van der Waals surface area contributed by atoms with Gasteiger partial charge in [0.15, 0.2) is 5.78 Å². The van der Waals surface area contributed by atoms with Gasteiger partial charge < -0.3 is 4.74 Å². The first kappa shape index (κ1) is 16.0. The van der Waals surface area contributed by atoms with E-state index >= 15 is 0 Å². The van der Waals surface area contributed by atoms with Crippen molar-refractivity contribution in [3.8, 4) is 5.75 Å². The molecule has 3 nitrogen and oxygen atoms in total. The summed E-state index contributed by atoms with van der Waals surface area (Å²) in [7, 11) is 0. The van der Waals surface area contributed by atoms with Gasteiger partial charge in [-0.25, -0.2) is 0 Å². The van der Waals surface area contributed by atoms with Gasteiger partial charge in [-0.3, -0.25) is 9.59 Å². The third-order valence-corrected chi connectivity index (χ3v) is 5.32. The second kappa shape index (κ2) is 6.58. The zero-order valence-corrected chi connectivity index (χ0v) is 14.5. The smallest absolute Gasteiger partial charge is 0.181 e. The number of hydrogen-bond donors (Lipinski definition) is 0.